The van der Waals surface area contributed by atoms with Crippen molar-refractivity contribution < 1.29 is 4.39 Å². The topological polar surface area (TPSA) is 41.1 Å². The number of hydrogen-bond acceptors (Lipinski definition) is 4. The largest absolute Gasteiger partial charge is 0.329 e. The molecule has 0 radical (unpaired) electrons. The Morgan fingerprint density at radius 3 is 2.79 bits per heavy atom. The summed E-state index contributed by atoms with van der Waals surface area (Å²) in [6.45, 7) is 2.36. The lowest BCUT2D eigenvalue weighted by Gasteiger charge is -2.19. The Hall–Kier alpha value is -2.01. The molecular formula is C14H17FN4. The van der Waals surface area contributed by atoms with Gasteiger partial charge in [0.05, 0.1) is 6.54 Å². The first-order chi connectivity index (χ1) is 9.11. The molecule has 0 aliphatic carbocycles. The molecule has 100 valence electrons. The molecule has 0 bridgehead atoms. The maximum Gasteiger partial charge on any atom is 0.144 e. The van der Waals surface area contributed by atoms with Crippen LogP contribution in [-0.2, 0) is 6.54 Å². The number of nitrogens with zero attached hydrogens (tertiary/aromatic N) is 3. The highest BCUT2D eigenvalue weighted by molar-refractivity contribution is 5.59. The van der Waals surface area contributed by atoms with E-state index < -0.39 is 0 Å². The Balaban J connectivity index is 2.29. The van der Waals surface area contributed by atoms with Gasteiger partial charge in [-0.25, -0.2) is 14.4 Å². The van der Waals surface area contributed by atoms with E-state index in [0.29, 0.717) is 12.1 Å². The van der Waals surface area contributed by atoms with Crippen LogP contribution < -0.4 is 10.2 Å². The van der Waals surface area contributed by atoms with E-state index in [1.165, 1.54) is 6.07 Å². The fourth-order valence-electron chi connectivity index (χ4n) is 1.79. The number of hydrogen-bond donors (Lipinski definition) is 1. The third-order valence-electron chi connectivity index (χ3n) is 2.90. The molecule has 0 unspecified atom stereocenters. The van der Waals surface area contributed by atoms with Crippen molar-refractivity contribution in [1.82, 2.24) is 15.3 Å². The first-order valence-electron chi connectivity index (χ1n) is 6.08. The highest BCUT2D eigenvalue weighted by atomic mass is 19.1. The van der Waals surface area contributed by atoms with Crippen LogP contribution >= 0.6 is 0 Å². The molecule has 0 saturated carbocycles. The highest BCUT2D eigenvalue weighted by Gasteiger charge is 2.08. The van der Waals surface area contributed by atoms with Crippen molar-refractivity contribution in [3.63, 3.8) is 0 Å². The molecule has 5 heteroatoms. The smallest absolute Gasteiger partial charge is 0.144 e. The molecule has 19 heavy (non-hydrogen) atoms. The summed E-state index contributed by atoms with van der Waals surface area (Å²) in [4.78, 5) is 10.5. The van der Waals surface area contributed by atoms with E-state index in [4.69, 9.17) is 0 Å². The van der Waals surface area contributed by atoms with Crippen LogP contribution in [0.3, 0.4) is 0 Å². The highest BCUT2D eigenvalue weighted by Crippen LogP contribution is 2.23. The van der Waals surface area contributed by atoms with Crippen molar-refractivity contribution in [3.05, 3.63) is 47.7 Å². The predicted molar refractivity (Wildman–Crippen MR) is 74.0 cm³/mol. The van der Waals surface area contributed by atoms with Gasteiger partial charge in [0.15, 0.2) is 0 Å². The van der Waals surface area contributed by atoms with Gasteiger partial charge in [0, 0.05) is 18.9 Å². The first-order valence-corrected chi connectivity index (χ1v) is 6.08. The van der Waals surface area contributed by atoms with Gasteiger partial charge in [-0.2, -0.15) is 0 Å². The number of aromatic nitrogens is 2. The molecule has 2 rings (SSSR count). The molecule has 1 heterocycles. The van der Waals surface area contributed by atoms with Crippen LogP contribution in [0, 0.1) is 12.7 Å². The zero-order valence-electron chi connectivity index (χ0n) is 11.3. The van der Waals surface area contributed by atoms with Crippen molar-refractivity contribution in [2.24, 2.45) is 0 Å². The van der Waals surface area contributed by atoms with Crippen molar-refractivity contribution >= 4 is 11.5 Å². The van der Waals surface area contributed by atoms with E-state index in [1.54, 1.807) is 25.3 Å². The maximum absolute atomic E-state index is 13.3. The van der Waals surface area contributed by atoms with Crippen LogP contribution in [0.1, 0.15) is 11.4 Å². The number of benzene rings is 1. The fourth-order valence-corrected chi connectivity index (χ4v) is 1.79. The lowest BCUT2D eigenvalue weighted by molar-refractivity contribution is 0.618. The molecule has 0 aliphatic heterocycles. The van der Waals surface area contributed by atoms with Crippen LogP contribution in [0.4, 0.5) is 15.9 Å². The van der Waals surface area contributed by atoms with Gasteiger partial charge in [0.25, 0.3) is 0 Å². The second kappa shape index (κ2) is 5.75. The van der Waals surface area contributed by atoms with Crippen LogP contribution in [0.15, 0.2) is 30.5 Å². The lowest BCUT2D eigenvalue weighted by atomic mass is 10.2. The summed E-state index contributed by atoms with van der Waals surface area (Å²) in [5, 5.41) is 3.01. The monoisotopic (exact) mass is 260 g/mol. The third-order valence-corrected chi connectivity index (χ3v) is 2.90. The molecule has 0 amide bonds. The summed E-state index contributed by atoms with van der Waals surface area (Å²) in [5.41, 5.74) is 1.52. The molecule has 0 atom stereocenters. The number of halogens is 1. The Bertz CT molecular complexity index is 571. The van der Waals surface area contributed by atoms with Crippen molar-refractivity contribution in [2.75, 3.05) is 19.0 Å². The molecule has 0 spiro atoms. The number of nitrogens with one attached hydrogen (secondary N) is 1. The first kappa shape index (κ1) is 13.4. The Morgan fingerprint density at radius 2 is 2.11 bits per heavy atom. The summed E-state index contributed by atoms with van der Waals surface area (Å²) < 4.78 is 13.3. The molecule has 1 aromatic heterocycles. The summed E-state index contributed by atoms with van der Waals surface area (Å²) in [5.74, 6) is 1.31. The van der Waals surface area contributed by atoms with Gasteiger partial charge in [0.1, 0.15) is 17.5 Å². The SMILES string of the molecule is CNCc1nccc(N(C)c2ccc(F)c(C)c2)n1. The zero-order chi connectivity index (χ0) is 13.8. The summed E-state index contributed by atoms with van der Waals surface area (Å²) in [7, 11) is 3.75. The van der Waals surface area contributed by atoms with Crippen LogP contribution in [0.5, 0.6) is 0 Å². The Kier molecular flexibility index (Phi) is 4.06. The third kappa shape index (κ3) is 3.06. The second-order valence-corrected chi connectivity index (χ2v) is 4.35. The molecule has 0 saturated heterocycles. The minimum atomic E-state index is -0.198. The molecule has 0 fully saturated rings. The average molecular weight is 260 g/mol. The van der Waals surface area contributed by atoms with Crippen molar-refractivity contribution in [1.29, 1.82) is 0 Å². The van der Waals surface area contributed by atoms with Crippen molar-refractivity contribution in [2.45, 2.75) is 13.5 Å². The normalized spacial score (nSPS) is 10.5. The van der Waals surface area contributed by atoms with E-state index in [0.717, 1.165) is 17.3 Å². The Labute approximate surface area is 112 Å². The van der Waals surface area contributed by atoms with E-state index in [-0.39, 0.29) is 5.82 Å². The quantitative estimate of drug-likeness (QED) is 0.916. The zero-order valence-corrected chi connectivity index (χ0v) is 11.3. The molecule has 1 aromatic carbocycles. The molecule has 4 nitrogen and oxygen atoms in total. The van der Waals surface area contributed by atoms with Crippen LogP contribution in [0.2, 0.25) is 0 Å². The molecule has 0 aliphatic rings. The summed E-state index contributed by atoms with van der Waals surface area (Å²) >= 11 is 0. The summed E-state index contributed by atoms with van der Waals surface area (Å²) in [6, 6.07) is 6.84. The minimum absolute atomic E-state index is 0.198. The van der Waals surface area contributed by atoms with Gasteiger partial charge in [-0.15, -0.1) is 0 Å². The standard InChI is InChI=1S/C14H17FN4/c1-10-8-11(4-5-12(10)15)19(3)14-6-7-17-13(18-14)9-16-2/h4-8,16H,9H2,1-3H3. The van der Waals surface area contributed by atoms with Gasteiger partial charge < -0.3 is 10.2 Å². The van der Waals surface area contributed by atoms with E-state index in [9.17, 15) is 4.39 Å². The van der Waals surface area contributed by atoms with Crippen LogP contribution in [-0.4, -0.2) is 24.1 Å². The fraction of sp³-hybridized carbons (Fsp3) is 0.286. The predicted octanol–water partition coefficient (Wildman–Crippen LogP) is 2.41. The van der Waals surface area contributed by atoms with E-state index in [1.807, 2.05) is 25.1 Å². The minimum Gasteiger partial charge on any atom is -0.329 e. The number of rotatable bonds is 4. The van der Waals surface area contributed by atoms with E-state index in [2.05, 4.69) is 15.3 Å². The summed E-state index contributed by atoms with van der Waals surface area (Å²) in [6.07, 6.45) is 1.72. The lowest BCUT2D eigenvalue weighted by Crippen LogP contribution is -2.15. The molecular weight excluding hydrogens is 243 g/mol. The van der Waals surface area contributed by atoms with Gasteiger partial charge >= 0.3 is 0 Å². The van der Waals surface area contributed by atoms with Gasteiger partial charge in [-0.3, -0.25) is 0 Å². The van der Waals surface area contributed by atoms with E-state index >= 15 is 0 Å². The maximum atomic E-state index is 13.3. The average Bonchev–Trinajstić information content (AvgIpc) is 2.42. The molecule has 2 aromatic rings. The van der Waals surface area contributed by atoms with Gasteiger partial charge in [0.2, 0.25) is 0 Å². The second-order valence-electron chi connectivity index (χ2n) is 4.35. The van der Waals surface area contributed by atoms with Crippen LogP contribution in [0.25, 0.3) is 0 Å². The van der Waals surface area contributed by atoms with Gasteiger partial charge in [-0.05, 0) is 43.8 Å². The van der Waals surface area contributed by atoms with Crippen molar-refractivity contribution in [3.8, 4) is 0 Å². The number of aryl methyl sites for hydroxylation is 1. The van der Waals surface area contributed by atoms with Gasteiger partial charge in [-0.1, -0.05) is 0 Å². The number of anilines is 2. The molecule has 1 N–H and O–H groups in total. The Morgan fingerprint density at radius 1 is 1.32 bits per heavy atom.